The zero-order valence-electron chi connectivity index (χ0n) is 18.0. The van der Waals surface area contributed by atoms with Crippen molar-refractivity contribution < 1.29 is 23.4 Å². The molecule has 0 aromatic heterocycles. The molecule has 5 nitrogen and oxygen atoms in total. The number of halogens is 2. The summed E-state index contributed by atoms with van der Waals surface area (Å²) in [6, 6.07) is 21.6. The van der Waals surface area contributed by atoms with Gasteiger partial charge in [-0.25, -0.2) is 4.39 Å². The van der Waals surface area contributed by atoms with Gasteiger partial charge < -0.3 is 14.2 Å². The predicted octanol–water partition coefficient (Wildman–Crippen LogP) is 6.48. The van der Waals surface area contributed by atoms with Crippen LogP contribution in [0.1, 0.15) is 25.5 Å². The number of carbonyl (C=O) groups excluding carboxylic acids is 1. The molecular weight excluding hydrogens is 445 g/mol. The second-order valence-corrected chi connectivity index (χ2v) is 8.73. The van der Waals surface area contributed by atoms with E-state index >= 15 is 0 Å². The molecule has 0 amide bonds. The van der Waals surface area contributed by atoms with E-state index in [0.29, 0.717) is 22.1 Å². The lowest BCUT2D eigenvalue weighted by Gasteiger charge is -2.14. The first kappa shape index (κ1) is 22.6. The maximum absolute atomic E-state index is 14.3. The molecule has 1 saturated carbocycles. The van der Waals surface area contributed by atoms with E-state index in [9.17, 15) is 14.4 Å². The molecule has 1 aliphatic carbocycles. The van der Waals surface area contributed by atoms with Gasteiger partial charge in [0.25, 0.3) is 0 Å². The summed E-state index contributed by atoms with van der Waals surface area (Å²) >= 11 is 6.16. The lowest BCUT2D eigenvalue weighted by molar-refractivity contribution is -0.149. The van der Waals surface area contributed by atoms with Gasteiger partial charge in [-0.2, -0.15) is 5.26 Å². The van der Waals surface area contributed by atoms with Crippen LogP contribution in [-0.2, 0) is 9.53 Å². The molecule has 7 heteroatoms. The van der Waals surface area contributed by atoms with Crippen LogP contribution >= 0.6 is 11.6 Å². The van der Waals surface area contributed by atoms with Crippen LogP contribution in [0.3, 0.4) is 0 Å². The first-order valence-corrected chi connectivity index (χ1v) is 10.7. The normalized spacial score (nSPS) is 19.1. The van der Waals surface area contributed by atoms with Crippen molar-refractivity contribution >= 4 is 17.6 Å². The van der Waals surface area contributed by atoms with Gasteiger partial charge in [-0.05, 0) is 36.4 Å². The summed E-state index contributed by atoms with van der Waals surface area (Å²) in [6.07, 6.45) is -1.68. The molecule has 1 aliphatic rings. The number of esters is 1. The SMILES string of the molecule is CC1(C)C(Oc2ccccc2Cl)C1C(=O)OC(C#N)c1ccc(F)c(Oc2ccccc2)c1. The van der Waals surface area contributed by atoms with Crippen molar-refractivity contribution in [3.8, 4) is 23.3 Å². The van der Waals surface area contributed by atoms with Crippen LogP contribution in [0.25, 0.3) is 0 Å². The summed E-state index contributed by atoms with van der Waals surface area (Å²) in [6.45, 7) is 3.76. The van der Waals surface area contributed by atoms with Gasteiger partial charge in [-0.15, -0.1) is 0 Å². The molecule has 0 saturated heterocycles. The summed E-state index contributed by atoms with van der Waals surface area (Å²) in [4.78, 5) is 12.9. The molecular formula is C26H21ClFNO4. The number of para-hydroxylation sites is 2. The number of hydrogen-bond acceptors (Lipinski definition) is 5. The number of benzene rings is 3. The Labute approximate surface area is 196 Å². The number of rotatable bonds is 7. The topological polar surface area (TPSA) is 68.5 Å². The van der Waals surface area contributed by atoms with Crippen molar-refractivity contribution in [1.29, 1.82) is 5.26 Å². The van der Waals surface area contributed by atoms with Crippen molar-refractivity contribution in [3.63, 3.8) is 0 Å². The average Bonchev–Trinajstić information content (AvgIpc) is 3.35. The highest BCUT2D eigenvalue weighted by atomic mass is 35.5. The molecule has 168 valence electrons. The fourth-order valence-corrected chi connectivity index (χ4v) is 3.83. The quantitative estimate of drug-likeness (QED) is 0.373. The van der Waals surface area contributed by atoms with Crippen LogP contribution in [0.2, 0.25) is 5.02 Å². The summed E-state index contributed by atoms with van der Waals surface area (Å²) in [7, 11) is 0. The fraction of sp³-hybridized carbons (Fsp3) is 0.231. The molecule has 0 bridgehead atoms. The minimum absolute atomic E-state index is 0.0679. The van der Waals surface area contributed by atoms with E-state index in [1.54, 1.807) is 48.5 Å². The van der Waals surface area contributed by atoms with Gasteiger partial charge in [0.15, 0.2) is 11.6 Å². The Morgan fingerprint density at radius 2 is 1.76 bits per heavy atom. The third-order valence-corrected chi connectivity index (χ3v) is 5.97. The molecule has 0 spiro atoms. The van der Waals surface area contributed by atoms with Crippen LogP contribution in [0.15, 0.2) is 72.8 Å². The highest BCUT2D eigenvalue weighted by molar-refractivity contribution is 6.32. The third kappa shape index (κ3) is 4.79. The second-order valence-electron chi connectivity index (χ2n) is 8.32. The summed E-state index contributed by atoms with van der Waals surface area (Å²) in [5, 5.41) is 10.1. The summed E-state index contributed by atoms with van der Waals surface area (Å²) in [5.74, 6) is -0.892. The van der Waals surface area contributed by atoms with Gasteiger partial charge >= 0.3 is 5.97 Å². The Morgan fingerprint density at radius 3 is 2.45 bits per heavy atom. The van der Waals surface area contributed by atoms with E-state index in [2.05, 4.69) is 0 Å². The molecule has 0 radical (unpaired) electrons. The number of ether oxygens (including phenoxy) is 3. The Morgan fingerprint density at radius 1 is 1.06 bits per heavy atom. The van der Waals surface area contributed by atoms with Gasteiger partial charge in [-0.1, -0.05) is 61.8 Å². The molecule has 3 atom stereocenters. The molecule has 0 aliphatic heterocycles. The molecule has 3 aromatic carbocycles. The van der Waals surface area contributed by atoms with E-state index in [-0.39, 0.29) is 5.75 Å². The van der Waals surface area contributed by atoms with Crippen molar-refractivity contribution in [3.05, 3.63) is 89.2 Å². The van der Waals surface area contributed by atoms with Crippen molar-refractivity contribution in [2.24, 2.45) is 11.3 Å². The second kappa shape index (κ2) is 9.13. The minimum Gasteiger partial charge on any atom is -0.487 e. The monoisotopic (exact) mass is 465 g/mol. The number of nitriles is 1. The smallest absolute Gasteiger partial charge is 0.315 e. The van der Waals surface area contributed by atoms with Crippen molar-refractivity contribution in [1.82, 2.24) is 0 Å². The minimum atomic E-state index is -1.23. The summed E-state index contributed by atoms with van der Waals surface area (Å²) in [5.41, 5.74) is -0.194. The fourth-order valence-electron chi connectivity index (χ4n) is 3.65. The molecule has 0 heterocycles. The van der Waals surface area contributed by atoms with E-state index < -0.39 is 35.3 Å². The average molecular weight is 466 g/mol. The molecule has 3 unspecified atom stereocenters. The highest BCUT2D eigenvalue weighted by Gasteiger charge is 2.65. The largest absolute Gasteiger partial charge is 0.487 e. The highest BCUT2D eigenvalue weighted by Crippen LogP contribution is 2.55. The van der Waals surface area contributed by atoms with Gasteiger partial charge in [0.05, 0.1) is 5.02 Å². The summed E-state index contributed by atoms with van der Waals surface area (Å²) < 4.78 is 31.3. The van der Waals surface area contributed by atoms with Crippen LogP contribution < -0.4 is 9.47 Å². The van der Waals surface area contributed by atoms with Crippen molar-refractivity contribution in [2.75, 3.05) is 0 Å². The van der Waals surface area contributed by atoms with Crippen LogP contribution in [0, 0.1) is 28.5 Å². The molecule has 33 heavy (non-hydrogen) atoms. The van der Waals surface area contributed by atoms with E-state index in [4.69, 9.17) is 25.8 Å². The standard InChI is InChI=1S/C26H21ClFNO4/c1-26(2)23(24(26)32-20-11-7-6-10-18(20)27)25(30)33-22(15-29)16-12-13-19(28)21(14-16)31-17-8-4-3-5-9-17/h3-14,22-24H,1-2H3. The third-order valence-electron chi connectivity index (χ3n) is 5.65. The van der Waals surface area contributed by atoms with Gasteiger partial charge in [0, 0.05) is 11.0 Å². The van der Waals surface area contributed by atoms with Crippen LogP contribution in [-0.4, -0.2) is 12.1 Å². The molecule has 1 fully saturated rings. The Kier molecular flexibility index (Phi) is 6.26. The molecule has 0 N–H and O–H groups in total. The maximum atomic E-state index is 14.3. The zero-order valence-corrected chi connectivity index (χ0v) is 18.8. The van der Waals surface area contributed by atoms with E-state index in [1.807, 2.05) is 26.0 Å². The lowest BCUT2D eigenvalue weighted by Crippen LogP contribution is -2.16. The molecule has 4 rings (SSSR count). The molecule has 3 aromatic rings. The number of nitrogens with zero attached hydrogens (tertiary/aromatic N) is 1. The van der Waals surface area contributed by atoms with E-state index in [1.165, 1.54) is 18.2 Å². The van der Waals surface area contributed by atoms with Gasteiger partial charge in [0.1, 0.15) is 29.6 Å². The Balaban J connectivity index is 1.48. The zero-order chi connectivity index (χ0) is 23.6. The Bertz CT molecular complexity index is 1210. The first-order valence-electron chi connectivity index (χ1n) is 10.3. The lowest BCUT2D eigenvalue weighted by atomic mass is 10.1. The Hall–Kier alpha value is -3.56. The van der Waals surface area contributed by atoms with Crippen molar-refractivity contribution in [2.45, 2.75) is 26.1 Å². The van der Waals surface area contributed by atoms with Gasteiger partial charge in [0.2, 0.25) is 6.10 Å². The number of carbonyl (C=O) groups is 1. The number of hydrogen-bond donors (Lipinski definition) is 0. The van der Waals surface area contributed by atoms with E-state index in [0.717, 1.165) is 0 Å². The maximum Gasteiger partial charge on any atom is 0.315 e. The first-order chi connectivity index (χ1) is 15.8. The van der Waals surface area contributed by atoms with Gasteiger partial charge in [-0.3, -0.25) is 4.79 Å². The van der Waals surface area contributed by atoms with Crippen LogP contribution in [0.5, 0.6) is 17.2 Å². The predicted molar refractivity (Wildman–Crippen MR) is 121 cm³/mol. The van der Waals surface area contributed by atoms with Crippen LogP contribution in [0.4, 0.5) is 4.39 Å².